The summed E-state index contributed by atoms with van der Waals surface area (Å²) in [4.78, 5) is 37.0. The number of amides is 1. The fourth-order valence-electron chi connectivity index (χ4n) is 3.02. The molecule has 1 amide bonds. The van der Waals surface area contributed by atoms with Gasteiger partial charge in [-0.05, 0) is 17.5 Å². The number of benzene rings is 2. The molecular weight excluding hydrogens is 388 g/mol. The molecule has 3 rings (SSSR count). The molecule has 28 heavy (non-hydrogen) atoms. The van der Waals surface area contributed by atoms with Crippen molar-refractivity contribution in [1.82, 2.24) is 4.90 Å². The molecule has 0 atom stereocenters. The van der Waals surface area contributed by atoms with E-state index in [4.69, 9.17) is 0 Å². The van der Waals surface area contributed by atoms with Gasteiger partial charge < -0.3 is 14.4 Å². The molecule has 0 radical (unpaired) electrons. The van der Waals surface area contributed by atoms with Crippen LogP contribution in [0.3, 0.4) is 0 Å². The van der Waals surface area contributed by atoms with Gasteiger partial charge in [0.15, 0.2) is 0 Å². The zero-order chi connectivity index (χ0) is 20.5. The van der Waals surface area contributed by atoms with Crippen LogP contribution in [0.4, 0.5) is 5.69 Å². The molecule has 0 spiro atoms. The third-order valence-corrected chi connectivity index (χ3v) is 6.21. The lowest BCUT2D eigenvalue weighted by molar-refractivity contribution is -0.151. The Balaban J connectivity index is 1.93. The molecule has 10 heteroatoms. The molecule has 0 saturated carbocycles. The Morgan fingerprint density at radius 1 is 0.964 bits per heavy atom. The summed E-state index contributed by atoms with van der Waals surface area (Å²) >= 11 is 0. The van der Waals surface area contributed by atoms with Crippen LogP contribution in [0.5, 0.6) is 0 Å². The normalized spacial score (nSPS) is 14.0. The van der Waals surface area contributed by atoms with Crippen LogP contribution in [0.1, 0.15) is 0 Å². The van der Waals surface area contributed by atoms with Crippen LogP contribution in [0, 0.1) is 0 Å². The topological polar surface area (TPSA) is 110 Å². The van der Waals surface area contributed by atoms with E-state index in [0.717, 1.165) is 28.8 Å². The van der Waals surface area contributed by atoms with Crippen molar-refractivity contribution < 1.29 is 32.3 Å². The maximum Gasteiger partial charge on any atom is 0.325 e. The highest BCUT2D eigenvalue weighted by molar-refractivity contribution is 7.93. The van der Waals surface area contributed by atoms with Crippen molar-refractivity contribution in [3.05, 3.63) is 36.4 Å². The molecule has 0 unspecified atom stereocenters. The molecule has 9 nitrogen and oxygen atoms in total. The Labute approximate surface area is 161 Å². The van der Waals surface area contributed by atoms with Crippen LogP contribution in [-0.4, -0.2) is 65.0 Å². The molecule has 2 aromatic rings. The number of hydrogen-bond donors (Lipinski definition) is 0. The predicted octanol–water partition coefficient (Wildman–Crippen LogP) is 0.523. The molecule has 0 aliphatic carbocycles. The van der Waals surface area contributed by atoms with Gasteiger partial charge in [0, 0.05) is 5.39 Å². The molecule has 0 bridgehead atoms. The lowest BCUT2D eigenvalue weighted by atomic mass is 10.1. The Bertz CT molecular complexity index is 1040. The van der Waals surface area contributed by atoms with Gasteiger partial charge in [0.2, 0.25) is 5.91 Å². The highest BCUT2D eigenvalue weighted by atomic mass is 32.2. The fourth-order valence-corrected chi connectivity index (χ4v) is 4.68. The zero-order valence-electron chi connectivity index (χ0n) is 15.2. The number of carbonyl (C=O) groups excluding carboxylic acids is 3. The average Bonchev–Trinajstić information content (AvgIpc) is 2.90. The summed E-state index contributed by atoms with van der Waals surface area (Å²) in [5.74, 6) is -2.22. The molecule has 1 aliphatic rings. The predicted molar refractivity (Wildman–Crippen MR) is 99.1 cm³/mol. The number of ether oxygens (including phenoxy) is 2. The lowest BCUT2D eigenvalue weighted by Gasteiger charge is -2.24. The maximum atomic E-state index is 13.0. The van der Waals surface area contributed by atoms with E-state index in [1.54, 1.807) is 30.3 Å². The Morgan fingerprint density at radius 3 is 2.11 bits per heavy atom. The number of esters is 2. The first-order valence-electron chi connectivity index (χ1n) is 8.25. The molecule has 0 fully saturated rings. The second-order valence-electron chi connectivity index (χ2n) is 6.05. The maximum absolute atomic E-state index is 13.0. The van der Waals surface area contributed by atoms with Crippen LogP contribution >= 0.6 is 0 Å². The number of nitrogens with zero attached hydrogens (tertiary/aromatic N) is 2. The minimum atomic E-state index is -3.94. The van der Waals surface area contributed by atoms with Crippen molar-refractivity contribution in [2.45, 2.75) is 4.90 Å². The van der Waals surface area contributed by atoms with E-state index in [-0.39, 0.29) is 4.90 Å². The SMILES string of the molecule is COC(=O)CN(CC(=O)OC)C(=O)CN1c2cccc3cccc(c23)S1(=O)=O. The molecule has 1 aliphatic heterocycles. The number of methoxy groups -OCH3 is 2. The third-order valence-electron chi connectivity index (χ3n) is 4.41. The van der Waals surface area contributed by atoms with Gasteiger partial charge in [-0.2, -0.15) is 0 Å². The van der Waals surface area contributed by atoms with Crippen LogP contribution < -0.4 is 4.31 Å². The fraction of sp³-hybridized carbons (Fsp3) is 0.278. The first-order valence-corrected chi connectivity index (χ1v) is 9.69. The Morgan fingerprint density at radius 2 is 1.54 bits per heavy atom. The number of anilines is 1. The average molecular weight is 406 g/mol. The summed E-state index contributed by atoms with van der Waals surface area (Å²) in [6.45, 7) is -1.57. The molecule has 2 aromatic carbocycles. The summed E-state index contributed by atoms with van der Waals surface area (Å²) in [7, 11) is -1.65. The summed E-state index contributed by atoms with van der Waals surface area (Å²) in [6, 6.07) is 9.97. The molecule has 1 heterocycles. The molecule has 0 N–H and O–H groups in total. The number of carbonyl (C=O) groups is 3. The Kier molecular flexibility index (Phi) is 5.23. The minimum Gasteiger partial charge on any atom is -0.468 e. The number of rotatable bonds is 6. The van der Waals surface area contributed by atoms with E-state index in [2.05, 4.69) is 9.47 Å². The second-order valence-corrected chi connectivity index (χ2v) is 7.88. The number of hydrogen-bond acceptors (Lipinski definition) is 7. The monoisotopic (exact) mass is 406 g/mol. The van der Waals surface area contributed by atoms with Crippen molar-refractivity contribution in [2.75, 3.05) is 38.2 Å². The van der Waals surface area contributed by atoms with Crippen LogP contribution in [0.15, 0.2) is 41.3 Å². The van der Waals surface area contributed by atoms with Gasteiger partial charge in [-0.3, -0.25) is 18.7 Å². The molecule has 0 aromatic heterocycles. The Hall–Kier alpha value is -3.14. The van der Waals surface area contributed by atoms with Gasteiger partial charge >= 0.3 is 11.9 Å². The first kappa shape index (κ1) is 19.6. The second kappa shape index (κ2) is 7.47. The van der Waals surface area contributed by atoms with E-state index >= 15 is 0 Å². The van der Waals surface area contributed by atoms with Gasteiger partial charge in [0.1, 0.15) is 19.6 Å². The van der Waals surface area contributed by atoms with E-state index in [9.17, 15) is 22.8 Å². The van der Waals surface area contributed by atoms with E-state index in [1.807, 2.05) is 0 Å². The van der Waals surface area contributed by atoms with Crippen molar-refractivity contribution in [1.29, 1.82) is 0 Å². The van der Waals surface area contributed by atoms with E-state index in [1.165, 1.54) is 6.07 Å². The van der Waals surface area contributed by atoms with Crippen molar-refractivity contribution >= 4 is 44.3 Å². The van der Waals surface area contributed by atoms with Gasteiger partial charge in [0.05, 0.1) is 24.8 Å². The number of sulfonamides is 1. The van der Waals surface area contributed by atoms with E-state index < -0.39 is 47.5 Å². The van der Waals surface area contributed by atoms with Gasteiger partial charge in [-0.1, -0.05) is 24.3 Å². The highest BCUT2D eigenvalue weighted by Crippen LogP contribution is 2.41. The van der Waals surface area contributed by atoms with Gasteiger partial charge in [0.25, 0.3) is 10.0 Å². The summed E-state index contributed by atoms with van der Waals surface area (Å²) < 4.78 is 36.0. The largest absolute Gasteiger partial charge is 0.468 e. The van der Waals surface area contributed by atoms with E-state index in [0.29, 0.717) is 11.1 Å². The zero-order valence-corrected chi connectivity index (χ0v) is 16.1. The van der Waals surface area contributed by atoms with Crippen molar-refractivity contribution in [3.63, 3.8) is 0 Å². The van der Waals surface area contributed by atoms with Gasteiger partial charge in [-0.25, -0.2) is 8.42 Å². The highest BCUT2D eigenvalue weighted by Gasteiger charge is 2.37. The quantitative estimate of drug-likeness (QED) is 0.643. The summed E-state index contributed by atoms with van der Waals surface area (Å²) in [6.07, 6.45) is 0. The van der Waals surface area contributed by atoms with Crippen LogP contribution in [-0.2, 0) is 33.9 Å². The summed E-state index contributed by atoms with van der Waals surface area (Å²) in [5.41, 5.74) is 0.373. The van der Waals surface area contributed by atoms with Crippen LogP contribution in [0.2, 0.25) is 0 Å². The standard InChI is InChI=1S/C18H18N2O7S/c1-26-16(22)10-19(11-17(23)27-2)15(21)9-20-13-7-3-5-12-6-4-8-14(18(12)13)28(20,24)25/h3-8H,9-11H2,1-2H3. The van der Waals surface area contributed by atoms with Crippen molar-refractivity contribution in [2.24, 2.45) is 0 Å². The van der Waals surface area contributed by atoms with Crippen LogP contribution in [0.25, 0.3) is 10.8 Å². The molecular formula is C18H18N2O7S. The summed E-state index contributed by atoms with van der Waals surface area (Å²) in [5, 5.41) is 1.26. The molecule has 0 saturated heterocycles. The smallest absolute Gasteiger partial charge is 0.325 e. The minimum absolute atomic E-state index is 0.112. The first-order chi connectivity index (χ1) is 13.3. The van der Waals surface area contributed by atoms with Gasteiger partial charge in [-0.15, -0.1) is 0 Å². The third kappa shape index (κ3) is 3.38. The lowest BCUT2D eigenvalue weighted by Crippen LogP contribution is -2.46. The molecule has 148 valence electrons. The van der Waals surface area contributed by atoms with Crippen molar-refractivity contribution in [3.8, 4) is 0 Å².